The summed E-state index contributed by atoms with van der Waals surface area (Å²) in [5, 5.41) is 2.91. The first-order valence-electron chi connectivity index (χ1n) is 9.51. The number of benzene rings is 3. The molecule has 0 fully saturated rings. The third-order valence-electron chi connectivity index (χ3n) is 5.17. The molecule has 0 bridgehead atoms. The summed E-state index contributed by atoms with van der Waals surface area (Å²) in [5.74, 6) is -0.289. The van der Waals surface area contributed by atoms with Gasteiger partial charge in [0.15, 0.2) is 0 Å². The van der Waals surface area contributed by atoms with E-state index in [9.17, 15) is 13.2 Å². The minimum Gasteiger partial charge on any atom is -0.351 e. The molecule has 4 rings (SSSR count). The van der Waals surface area contributed by atoms with E-state index in [1.165, 1.54) is 4.31 Å². The Morgan fingerprint density at radius 1 is 0.862 bits per heavy atom. The van der Waals surface area contributed by atoms with Crippen molar-refractivity contribution in [2.75, 3.05) is 0 Å². The summed E-state index contributed by atoms with van der Waals surface area (Å²) in [5.41, 5.74) is 2.90. The van der Waals surface area contributed by atoms with Crippen LogP contribution in [0, 0.1) is 0 Å². The molecular formula is C23H22N2O3S. The van der Waals surface area contributed by atoms with Crippen LogP contribution in [0.25, 0.3) is 0 Å². The summed E-state index contributed by atoms with van der Waals surface area (Å²) in [6.45, 7) is 0.536. The molecule has 6 heteroatoms. The Morgan fingerprint density at radius 2 is 1.45 bits per heavy atom. The van der Waals surface area contributed by atoms with Crippen LogP contribution in [0.5, 0.6) is 0 Å². The highest BCUT2D eigenvalue weighted by Crippen LogP contribution is 2.29. The smallest absolute Gasteiger partial charge is 0.244 e. The average molecular weight is 407 g/mol. The topological polar surface area (TPSA) is 66.5 Å². The average Bonchev–Trinajstić information content (AvgIpc) is 2.78. The van der Waals surface area contributed by atoms with Gasteiger partial charge in [-0.15, -0.1) is 0 Å². The lowest BCUT2D eigenvalue weighted by Crippen LogP contribution is -2.52. The SMILES string of the molecule is O=C(NCc1ccccc1)[C@H]1Cc2ccccc2CN1S(=O)(=O)c1ccccc1. The van der Waals surface area contributed by atoms with Gasteiger partial charge in [0.25, 0.3) is 0 Å². The summed E-state index contributed by atoms with van der Waals surface area (Å²) in [6.07, 6.45) is 0.350. The fourth-order valence-corrected chi connectivity index (χ4v) is 5.19. The summed E-state index contributed by atoms with van der Waals surface area (Å²) in [4.78, 5) is 13.2. The highest BCUT2D eigenvalue weighted by molar-refractivity contribution is 7.89. The Bertz CT molecular complexity index is 1100. The van der Waals surface area contributed by atoms with E-state index in [-0.39, 0.29) is 17.3 Å². The lowest BCUT2D eigenvalue weighted by atomic mass is 9.95. The summed E-state index contributed by atoms with van der Waals surface area (Å²) in [6, 6.07) is 24.7. The molecule has 0 unspecified atom stereocenters. The molecule has 1 atom stereocenters. The van der Waals surface area contributed by atoms with Crippen LogP contribution in [0.3, 0.4) is 0 Å². The minimum absolute atomic E-state index is 0.177. The fraction of sp³-hybridized carbons (Fsp3) is 0.174. The first-order chi connectivity index (χ1) is 14.1. The standard InChI is InChI=1S/C23H22N2O3S/c26-23(24-16-18-9-3-1-4-10-18)22-15-19-11-7-8-12-20(19)17-25(22)29(27,28)21-13-5-2-6-14-21/h1-14,22H,15-17H2,(H,24,26)/t22-/m1/s1. The van der Waals surface area contributed by atoms with E-state index >= 15 is 0 Å². The number of nitrogens with zero attached hydrogens (tertiary/aromatic N) is 1. The molecule has 0 spiro atoms. The van der Waals surface area contributed by atoms with Gasteiger partial charge < -0.3 is 5.32 Å². The molecular weight excluding hydrogens is 384 g/mol. The molecule has 0 saturated heterocycles. The summed E-state index contributed by atoms with van der Waals surface area (Å²) >= 11 is 0. The van der Waals surface area contributed by atoms with E-state index in [0.29, 0.717) is 13.0 Å². The van der Waals surface area contributed by atoms with E-state index < -0.39 is 16.1 Å². The number of fused-ring (bicyclic) bond motifs is 1. The van der Waals surface area contributed by atoms with Crippen LogP contribution in [0.2, 0.25) is 0 Å². The van der Waals surface area contributed by atoms with E-state index in [1.54, 1.807) is 30.3 Å². The molecule has 1 heterocycles. The highest BCUT2D eigenvalue weighted by atomic mass is 32.2. The number of amides is 1. The lowest BCUT2D eigenvalue weighted by molar-refractivity contribution is -0.125. The van der Waals surface area contributed by atoms with Crippen molar-refractivity contribution in [3.63, 3.8) is 0 Å². The normalized spacial score (nSPS) is 16.8. The van der Waals surface area contributed by atoms with Crippen LogP contribution in [-0.2, 0) is 34.3 Å². The second-order valence-electron chi connectivity index (χ2n) is 7.06. The highest BCUT2D eigenvalue weighted by Gasteiger charge is 2.39. The monoisotopic (exact) mass is 406 g/mol. The number of sulfonamides is 1. The zero-order valence-corrected chi connectivity index (χ0v) is 16.7. The predicted octanol–water partition coefficient (Wildman–Crippen LogP) is 3.12. The van der Waals surface area contributed by atoms with Crippen LogP contribution >= 0.6 is 0 Å². The molecule has 29 heavy (non-hydrogen) atoms. The largest absolute Gasteiger partial charge is 0.351 e. The summed E-state index contributed by atoms with van der Waals surface area (Å²) < 4.78 is 28.0. The summed E-state index contributed by atoms with van der Waals surface area (Å²) in [7, 11) is -3.81. The van der Waals surface area contributed by atoms with Gasteiger partial charge in [0.1, 0.15) is 6.04 Å². The van der Waals surface area contributed by atoms with Gasteiger partial charge in [0.05, 0.1) is 4.90 Å². The molecule has 3 aromatic carbocycles. The van der Waals surface area contributed by atoms with Gasteiger partial charge in [0.2, 0.25) is 15.9 Å². The van der Waals surface area contributed by atoms with E-state index in [4.69, 9.17) is 0 Å². The van der Waals surface area contributed by atoms with Crippen LogP contribution in [0.15, 0.2) is 89.8 Å². The van der Waals surface area contributed by atoms with Crippen molar-refractivity contribution in [1.82, 2.24) is 9.62 Å². The van der Waals surface area contributed by atoms with Crippen LogP contribution in [0.1, 0.15) is 16.7 Å². The Hall–Kier alpha value is -2.96. The van der Waals surface area contributed by atoms with Crippen molar-refractivity contribution in [3.8, 4) is 0 Å². The van der Waals surface area contributed by atoms with Gasteiger partial charge in [-0.3, -0.25) is 4.79 Å². The minimum atomic E-state index is -3.81. The molecule has 1 amide bonds. The van der Waals surface area contributed by atoms with Crippen molar-refractivity contribution in [3.05, 3.63) is 102 Å². The van der Waals surface area contributed by atoms with Gasteiger partial charge in [-0.25, -0.2) is 8.42 Å². The number of rotatable bonds is 5. The molecule has 148 valence electrons. The maximum Gasteiger partial charge on any atom is 0.244 e. The van der Waals surface area contributed by atoms with Crippen LogP contribution < -0.4 is 5.32 Å². The Labute approximate surface area is 171 Å². The zero-order chi connectivity index (χ0) is 20.3. The number of hydrogen-bond donors (Lipinski definition) is 1. The number of nitrogens with one attached hydrogen (secondary N) is 1. The fourth-order valence-electron chi connectivity index (χ4n) is 3.61. The second-order valence-corrected chi connectivity index (χ2v) is 8.95. The second kappa shape index (κ2) is 8.19. The first-order valence-corrected chi connectivity index (χ1v) is 10.9. The van der Waals surface area contributed by atoms with Gasteiger partial charge in [-0.2, -0.15) is 4.31 Å². The molecule has 0 aromatic heterocycles. The van der Waals surface area contributed by atoms with Crippen molar-refractivity contribution in [1.29, 1.82) is 0 Å². The maximum absolute atomic E-state index is 13.3. The lowest BCUT2D eigenvalue weighted by Gasteiger charge is -2.35. The van der Waals surface area contributed by atoms with Gasteiger partial charge in [0, 0.05) is 13.1 Å². The zero-order valence-electron chi connectivity index (χ0n) is 15.9. The molecule has 1 aliphatic rings. The number of carbonyl (C=O) groups excluding carboxylic acids is 1. The van der Waals surface area contributed by atoms with Gasteiger partial charge in [-0.05, 0) is 35.2 Å². The first kappa shape index (κ1) is 19.4. The third kappa shape index (κ3) is 4.09. The molecule has 0 aliphatic carbocycles. The van der Waals surface area contributed by atoms with Crippen molar-refractivity contribution in [2.45, 2.75) is 30.4 Å². The third-order valence-corrected chi connectivity index (χ3v) is 7.04. The Balaban J connectivity index is 1.64. The number of carbonyl (C=O) groups is 1. The molecule has 0 saturated carbocycles. The van der Waals surface area contributed by atoms with E-state index in [1.807, 2.05) is 54.6 Å². The van der Waals surface area contributed by atoms with Crippen molar-refractivity contribution in [2.24, 2.45) is 0 Å². The molecule has 1 aliphatic heterocycles. The maximum atomic E-state index is 13.3. The van der Waals surface area contributed by atoms with Crippen molar-refractivity contribution >= 4 is 15.9 Å². The number of hydrogen-bond acceptors (Lipinski definition) is 3. The van der Waals surface area contributed by atoms with Crippen LogP contribution in [0.4, 0.5) is 0 Å². The van der Waals surface area contributed by atoms with Gasteiger partial charge >= 0.3 is 0 Å². The quantitative estimate of drug-likeness (QED) is 0.708. The van der Waals surface area contributed by atoms with Crippen LogP contribution in [-0.4, -0.2) is 24.7 Å². The molecule has 5 nitrogen and oxygen atoms in total. The van der Waals surface area contributed by atoms with Gasteiger partial charge in [-0.1, -0.05) is 72.8 Å². The Kier molecular flexibility index (Phi) is 5.47. The van der Waals surface area contributed by atoms with E-state index in [2.05, 4.69) is 5.32 Å². The predicted molar refractivity (Wildman–Crippen MR) is 111 cm³/mol. The van der Waals surface area contributed by atoms with E-state index in [0.717, 1.165) is 16.7 Å². The molecule has 0 radical (unpaired) electrons. The van der Waals surface area contributed by atoms with Crippen molar-refractivity contribution < 1.29 is 13.2 Å². The molecule has 3 aromatic rings. The molecule has 1 N–H and O–H groups in total. The Morgan fingerprint density at radius 3 is 2.14 bits per heavy atom.